The summed E-state index contributed by atoms with van der Waals surface area (Å²) in [6, 6.07) is 33.0. The monoisotopic (exact) mass is 574 g/mol. The van der Waals surface area contributed by atoms with E-state index >= 15 is 0 Å². The number of aliphatic carboxylic acids is 1. The van der Waals surface area contributed by atoms with Crippen molar-refractivity contribution in [3.63, 3.8) is 0 Å². The Kier molecular flexibility index (Phi) is 9.32. The van der Waals surface area contributed by atoms with Crippen LogP contribution < -0.4 is 10.1 Å². The van der Waals surface area contributed by atoms with Crippen LogP contribution in [0.5, 0.6) is 5.75 Å². The Morgan fingerprint density at radius 2 is 1.51 bits per heavy atom. The lowest BCUT2D eigenvalue weighted by molar-refractivity contribution is -0.136. The number of benzene rings is 4. The summed E-state index contributed by atoms with van der Waals surface area (Å²) in [6.07, 6.45) is 0.688. The highest BCUT2D eigenvalue weighted by molar-refractivity contribution is 5.96. The highest BCUT2D eigenvalue weighted by Crippen LogP contribution is 2.27. The fourth-order valence-electron chi connectivity index (χ4n) is 4.90. The van der Waals surface area contributed by atoms with Crippen molar-refractivity contribution in [1.29, 1.82) is 0 Å². The van der Waals surface area contributed by atoms with E-state index in [2.05, 4.69) is 29.6 Å². The van der Waals surface area contributed by atoms with Crippen LogP contribution in [-0.2, 0) is 17.6 Å². The smallest absolute Gasteiger partial charge is 0.303 e. The molecule has 43 heavy (non-hydrogen) atoms. The Morgan fingerprint density at radius 3 is 2.21 bits per heavy atom. The van der Waals surface area contributed by atoms with Gasteiger partial charge < -0.3 is 19.6 Å². The van der Waals surface area contributed by atoms with Crippen molar-refractivity contribution in [1.82, 2.24) is 10.3 Å². The van der Waals surface area contributed by atoms with E-state index in [-0.39, 0.29) is 24.8 Å². The highest BCUT2D eigenvalue weighted by Gasteiger charge is 2.18. The fourth-order valence-corrected chi connectivity index (χ4v) is 4.90. The maximum absolute atomic E-state index is 13.3. The van der Waals surface area contributed by atoms with Gasteiger partial charge in [0.1, 0.15) is 11.5 Å². The van der Waals surface area contributed by atoms with Gasteiger partial charge in [-0.25, -0.2) is 4.98 Å². The van der Waals surface area contributed by atoms with Gasteiger partial charge in [0.2, 0.25) is 5.89 Å². The SMILES string of the molecule is Cc1oc(-c2ccc(-c3ccccc3)cc2)nc1CCOc1ccc(CCC(=O)O)c(C(=O)N[C@H](C)c2ccccc2)c1. The molecular weight excluding hydrogens is 540 g/mol. The molecule has 1 aromatic heterocycles. The summed E-state index contributed by atoms with van der Waals surface area (Å²) in [6.45, 7) is 4.13. The summed E-state index contributed by atoms with van der Waals surface area (Å²) in [5.74, 6) is 0.608. The van der Waals surface area contributed by atoms with Crippen molar-refractivity contribution < 1.29 is 23.8 Å². The quantitative estimate of drug-likeness (QED) is 0.161. The first-order valence-electron chi connectivity index (χ1n) is 14.3. The second kappa shape index (κ2) is 13.7. The number of carboxylic acids is 1. The molecule has 0 fully saturated rings. The summed E-state index contributed by atoms with van der Waals surface area (Å²) in [5, 5.41) is 12.2. The minimum Gasteiger partial charge on any atom is -0.493 e. The number of nitrogens with one attached hydrogen (secondary N) is 1. The third kappa shape index (κ3) is 7.57. The van der Waals surface area contributed by atoms with E-state index in [0.717, 1.165) is 33.7 Å². The molecule has 218 valence electrons. The largest absolute Gasteiger partial charge is 0.493 e. The predicted molar refractivity (Wildman–Crippen MR) is 166 cm³/mol. The highest BCUT2D eigenvalue weighted by atomic mass is 16.5. The number of aryl methyl sites for hydroxylation is 2. The number of carbonyl (C=O) groups excluding carboxylic acids is 1. The normalized spacial score (nSPS) is 11.6. The molecule has 1 amide bonds. The molecule has 0 aliphatic heterocycles. The minimum atomic E-state index is -0.918. The standard InChI is InChI=1S/C36H34N2O5/c1-24(26-9-5-3-6-10-26)37-35(41)32-23-31(19-17-29(32)18-20-34(39)40)42-22-21-33-25(2)43-36(38-33)30-15-13-28(14-16-30)27-11-7-4-8-12-27/h3-17,19,23-24H,18,20-22H2,1-2H3,(H,37,41)(H,39,40)/t24-/m1/s1. The molecule has 0 spiro atoms. The molecular formula is C36H34N2O5. The van der Waals surface area contributed by atoms with Crippen molar-refractivity contribution >= 4 is 11.9 Å². The Morgan fingerprint density at radius 1 is 0.860 bits per heavy atom. The molecule has 0 radical (unpaired) electrons. The number of carboxylic acid groups (broad SMARTS) is 1. The number of ether oxygens (including phenoxy) is 1. The Hall–Kier alpha value is -5.17. The van der Waals surface area contributed by atoms with Crippen molar-refractivity contribution in [2.24, 2.45) is 0 Å². The molecule has 7 heteroatoms. The van der Waals surface area contributed by atoms with Gasteiger partial charge >= 0.3 is 5.97 Å². The van der Waals surface area contributed by atoms with E-state index in [9.17, 15) is 14.7 Å². The first kappa shape index (κ1) is 29.3. The van der Waals surface area contributed by atoms with Crippen molar-refractivity contribution in [2.45, 2.75) is 39.2 Å². The lowest BCUT2D eigenvalue weighted by Gasteiger charge is -2.17. The number of oxazole rings is 1. The van der Waals surface area contributed by atoms with Crippen LogP contribution in [0.4, 0.5) is 0 Å². The molecule has 0 aliphatic rings. The van der Waals surface area contributed by atoms with Crippen LogP contribution in [0.3, 0.4) is 0 Å². The van der Waals surface area contributed by atoms with Gasteiger partial charge in [-0.2, -0.15) is 0 Å². The number of rotatable bonds is 12. The molecule has 1 atom stereocenters. The lowest BCUT2D eigenvalue weighted by atomic mass is 10.0. The molecule has 0 unspecified atom stereocenters. The summed E-state index contributed by atoms with van der Waals surface area (Å²) in [4.78, 5) is 29.2. The summed E-state index contributed by atoms with van der Waals surface area (Å²) < 4.78 is 12.0. The molecule has 7 nitrogen and oxygen atoms in total. The van der Waals surface area contributed by atoms with Gasteiger partial charge in [0.25, 0.3) is 5.91 Å². The zero-order valence-electron chi connectivity index (χ0n) is 24.2. The maximum atomic E-state index is 13.3. The van der Waals surface area contributed by atoms with Crippen LogP contribution in [0, 0.1) is 6.92 Å². The van der Waals surface area contributed by atoms with E-state index in [1.54, 1.807) is 18.2 Å². The van der Waals surface area contributed by atoms with E-state index < -0.39 is 5.97 Å². The van der Waals surface area contributed by atoms with Crippen LogP contribution in [0.2, 0.25) is 0 Å². The molecule has 0 aliphatic carbocycles. The van der Waals surface area contributed by atoms with Crippen LogP contribution >= 0.6 is 0 Å². The van der Waals surface area contributed by atoms with E-state index in [1.807, 2.05) is 74.5 Å². The molecule has 0 bridgehead atoms. The van der Waals surface area contributed by atoms with E-state index in [4.69, 9.17) is 14.1 Å². The molecule has 0 saturated carbocycles. The van der Waals surface area contributed by atoms with Gasteiger partial charge in [0, 0.05) is 24.0 Å². The summed E-state index contributed by atoms with van der Waals surface area (Å²) in [5.41, 5.74) is 6.00. The van der Waals surface area contributed by atoms with Gasteiger partial charge in [-0.1, -0.05) is 78.9 Å². The van der Waals surface area contributed by atoms with Gasteiger partial charge in [-0.05, 0) is 66.8 Å². The predicted octanol–water partition coefficient (Wildman–Crippen LogP) is 7.45. The first-order valence-corrected chi connectivity index (χ1v) is 14.3. The summed E-state index contributed by atoms with van der Waals surface area (Å²) in [7, 11) is 0. The number of hydrogen-bond donors (Lipinski definition) is 2. The van der Waals surface area contributed by atoms with Gasteiger partial charge in [-0.3, -0.25) is 9.59 Å². The molecule has 5 aromatic rings. The van der Waals surface area contributed by atoms with E-state index in [1.165, 1.54) is 0 Å². The number of hydrogen-bond acceptors (Lipinski definition) is 5. The molecule has 2 N–H and O–H groups in total. The first-order chi connectivity index (χ1) is 20.9. The number of carbonyl (C=O) groups is 2. The second-order valence-corrected chi connectivity index (χ2v) is 10.4. The third-order valence-electron chi connectivity index (χ3n) is 7.32. The van der Waals surface area contributed by atoms with Crippen molar-refractivity contribution in [3.05, 3.63) is 131 Å². The van der Waals surface area contributed by atoms with Crippen molar-refractivity contribution in [2.75, 3.05) is 6.61 Å². The Labute approximate surface area is 251 Å². The Bertz CT molecular complexity index is 1680. The topological polar surface area (TPSA) is 102 Å². The number of amides is 1. The average molecular weight is 575 g/mol. The molecule has 0 saturated heterocycles. The fraction of sp³-hybridized carbons (Fsp3) is 0.194. The molecule has 4 aromatic carbocycles. The minimum absolute atomic E-state index is 0.0720. The number of nitrogens with zero attached hydrogens (tertiary/aromatic N) is 1. The van der Waals surface area contributed by atoms with Gasteiger partial charge in [-0.15, -0.1) is 0 Å². The van der Waals surface area contributed by atoms with Crippen molar-refractivity contribution in [3.8, 4) is 28.3 Å². The van der Waals surface area contributed by atoms with Crippen LogP contribution in [0.1, 0.15) is 52.3 Å². The second-order valence-electron chi connectivity index (χ2n) is 10.4. The van der Waals surface area contributed by atoms with Crippen LogP contribution in [0.25, 0.3) is 22.6 Å². The zero-order valence-corrected chi connectivity index (χ0v) is 24.2. The van der Waals surface area contributed by atoms with Gasteiger partial charge in [0.15, 0.2) is 0 Å². The van der Waals surface area contributed by atoms with E-state index in [0.29, 0.717) is 35.8 Å². The average Bonchev–Trinajstić information content (AvgIpc) is 3.41. The Balaban J connectivity index is 1.25. The maximum Gasteiger partial charge on any atom is 0.303 e. The van der Waals surface area contributed by atoms with Crippen LogP contribution in [0.15, 0.2) is 108 Å². The lowest BCUT2D eigenvalue weighted by Crippen LogP contribution is -2.27. The zero-order chi connectivity index (χ0) is 30.2. The number of aromatic nitrogens is 1. The third-order valence-corrected chi connectivity index (χ3v) is 7.32. The van der Waals surface area contributed by atoms with Crippen LogP contribution in [-0.4, -0.2) is 28.6 Å². The summed E-state index contributed by atoms with van der Waals surface area (Å²) >= 11 is 0. The van der Waals surface area contributed by atoms with Gasteiger partial charge in [0.05, 0.1) is 18.3 Å². The molecule has 1 heterocycles. The molecule has 5 rings (SSSR count).